The molecule has 0 atom stereocenters. The Kier molecular flexibility index (Phi) is 4.17. The Labute approximate surface area is 128 Å². The molecule has 0 fully saturated rings. The maximum absolute atomic E-state index is 13.2. The smallest absolute Gasteiger partial charge is 0.264 e. The van der Waals surface area contributed by atoms with Crippen LogP contribution in [0.15, 0.2) is 39.8 Å². The molecule has 2 rings (SSSR count). The maximum atomic E-state index is 13.2. The van der Waals surface area contributed by atoms with E-state index < -0.39 is 15.8 Å². The third-order valence-corrected chi connectivity index (χ3v) is 4.93. The number of nitrogens with one attached hydrogen (secondary N) is 1. The van der Waals surface area contributed by atoms with E-state index in [1.165, 1.54) is 12.3 Å². The SMILES string of the molecule is Nc1cc(S(=O)(=O)Nc2ncccc2Cl)c(Br)cc1F. The standard InChI is InChI=1S/C11H8BrClFN3O2S/c12-6-4-8(14)9(15)5-10(6)20(18,19)17-11-7(13)2-1-3-16-11/h1-5H,15H2,(H,16,17). The minimum Gasteiger partial charge on any atom is -0.396 e. The Morgan fingerprint density at radius 2 is 2.10 bits per heavy atom. The van der Waals surface area contributed by atoms with E-state index in [1.807, 2.05) is 0 Å². The van der Waals surface area contributed by atoms with Gasteiger partial charge in [0, 0.05) is 10.7 Å². The number of aromatic nitrogens is 1. The van der Waals surface area contributed by atoms with Crippen molar-refractivity contribution in [1.29, 1.82) is 0 Å². The van der Waals surface area contributed by atoms with Crippen LogP contribution in [0.5, 0.6) is 0 Å². The summed E-state index contributed by atoms with van der Waals surface area (Å²) in [6, 6.07) is 5.04. The molecule has 0 saturated heterocycles. The minimum atomic E-state index is -4.00. The van der Waals surface area contributed by atoms with Crippen LogP contribution in [0.4, 0.5) is 15.9 Å². The van der Waals surface area contributed by atoms with Crippen LogP contribution < -0.4 is 10.5 Å². The molecule has 0 saturated carbocycles. The van der Waals surface area contributed by atoms with Crippen molar-refractivity contribution in [3.63, 3.8) is 0 Å². The van der Waals surface area contributed by atoms with Crippen LogP contribution in [0.3, 0.4) is 0 Å². The third-order valence-electron chi connectivity index (χ3n) is 2.33. The average Bonchev–Trinajstić information content (AvgIpc) is 2.36. The molecule has 1 aromatic heterocycles. The number of benzene rings is 1. The van der Waals surface area contributed by atoms with Crippen LogP contribution in [0.25, 0.3) is 0 Å². The van der Waals surface area contributed by atoms with Crippen LogP contribution in [0, 0.1) is 5.82 Å². The zero-order valence-corrected chi connectivity index (χ0v) is 12.9. The van der Waals surface area contributed by atoms with Crippen LogP contribution in [-0.2, 0) is 10.0 Å². The molecule has 0 spiro atoms. The molecule has 3 N–H and O–H groups in total. The van der Waals surface area contributed by atoms with Crippen LogP contribution in [0.1, 0.15) is 0 Å². The first kappa shape index (κ1) is 15.0. The lowest BCUT2D eigenvalue weighted by Gasteiger charge is -2.11. The Hall–Kier alpha value is -1.38. The number of halogens is 3. The first-order valence-electron chi connectivity index (χ1n) is 5.19. The van der Waals surface area contributed by atoms with E-state index in [0.29, 0.717) is 0 Å². The van der Waals surface area contributed by atoms with Gasteiger partial charge in [0.15, 0.2) is 5.82 Å². The molecule has 0 unspecified atom stereocenters. The molecule has 2 aromatic rings. The molecule has 0 bridgehead atoms. The molecule has 5 nitrogen and oxygen atoms in total. The Bertz CT molecular complexity index is 770. The maximum Gasteiger partial charge on any atom is 0.264 e. The van der Waals surface area contributed by atoms with Crippen LogP contribution >= 0.6 is 27.5 Å². The minimum absolute atomic E-state index is 0.0241. The van der Waals surface area contributed by atoms with Crippen molar-refractivity contribution in [1.82, 2.24) is 4.98 Å². The average molecular weight is 381 g/mol. The van der Waals surface area contributed by atoms with E-state index >= 15 is 0 Å². The fourth-order valence-electron chi connectivity index (χ4n) is 1.39. The Morgan fingerprint density at radius 1 is 1.40 bits per heavy atom. The summed E-state index contributed by atoms with van der Waals surface area (Å²) in [7, 11) is -4.00. The summed E-state index contributed by atoms with van der Waals surface area (Å²) in [6.07, 6.45) is 1.39. The number of hydrogen-bond acceptors (Lipinski definition) is 4. The van der Waals surface area contributed by atoms with Gasteiger partial charge in [-0.25, -0.2) is 17.8 Å². The van der Waals surface area contributed by atoms with Crippen LogP contribution in [-0.4, -0.2) is 13.4 Å². The quantitative estimate of drug-likeness (QED) is 0.802. The summed E-state index contributed by atoms with van der Waals surface area (Å²) in [6.45, 7) is 0. The lowest BCUT2D eigenvalue weighted by atomic mass is 10.3. The molecule has 0 aliphatic heterocycles. The number of nitrogens with zero attached hydrogens (tertiary/aromatic N) is 1. The Morgan fingerprint density at radius 3 is 2.75 bits per heavy atom. The molecule has 20 heavy (non-hydrogen) atoms. The summed E-state index contributed by atoms with van der Waals surface area (Å²) >= 11 is 8.81. The fourth-order valence-corrected chi connectivity index (χ4v) is 3.70. The van der Waals surface area contributed by atoms with Crippen molar-refractivity contribution < 1.29 is 12.8 Å². The van der Waals surface area contributed by atoms with Crippen molar-refractivity contribution in [2.45, 2.75) is 4.90 Å². The van der Waals surface area contributed by atoms with E-state index in [-0.39, 0.29) is 25.9 Å². The van der Waals surface area contributed by atoms with Crippen molar-refractivity contribution in [2.24, 2.45) is 0 Å². The summed E-state index contributed by atoms with van der Waals surface area (Å²) in [4.78, 5) is 3.61. The van der Waals surface area contributed by atoms with Gasteiger partial charge in [-0.3, -0.25) is 4.72 Å². The second-order valence-electron chi connectivity index (χ2n) is 3.74. The van der Waals surface area contributed by atoms with Gasteiger partial charge in [0.05, 0.1) is 10.7 Å². The zero-order valence-electron chi connectivity index (χ0n) is 9.77. The number of sulfonamides is 1. The molecule has 0 aliphatic carbocycles. The van der Waals surface area contributed by atoms with Crippen LogP contribution in [0.2, 0.25) is 5.02 Å². The lowest BCUT2D eigenvalue weighted by molar-refractivity contribution is 0.599. The molecule has 106 valence electrons. The predicted octanol–water partition coefficient (Wildman–Crippen LogP) is 3.02. The van der Waals surface area contributed by atoms with Crippen molar-refractivity contribution in [3.8, 4) is 0 Å². The van der Waals surface area contributed by atoms with Gasteiger partial charge >= 0.3 is 0 Å². The van der Waals surface area contributed by atoms with Gasteiger partial charge in [0.25, 0.3) is 10.0 Å². The summed E-state index contributed by atoms with van der Waals surface area (Å²) in [5, 5.41) is 0.141. The molecule has 0 amide bonds. The fraction of sp³-hybridized carbons (Fsp3) is 0. The monoisotopic (exact) mass is 379 g/mol. The highest BCUT2D eigenvalue weighted by atomic mass is 79.9. The second kappa shape index (κ2) is 5.55. The zero-order chi connectivity index (χ0) is 14.9. The topological polar surface area (TPSA) is 85.1 Å². The van der Waals surface area contributed by atoms with Crippen molar-refractivity contribution in [2.75, 3.05) is 10.5 Å². The summed E-state index contributed by atoms with van der Waals surface area (Å²) in [5.74, 6) is -0.740. The largest absolute Gasteiger partial charge is 0.396 e. The molecule has 0 radical (unpaired) electrons. The normalized spacial score (nSPS) is 11.3. The van der Waals surface area contributed by atoms with Crippen molar-refractivity contribution in [3.05, 3.63) is 45.8 Å². The number of nitrogens with two attached hydrogens (primary N) is 1. The van der Waals surface area contributed by atoms with Gasteiger partial charge in [-0.15, -0.1) is 0 Å². The number of nitrogen functional groups attached to an aromatic ring is 1. The van der Waals surface area contributed by atoms with E-state index in [0.717, 1.165) is 12.1 Å². The van der Waals surface area contributed by atoms with Gasteiger partial charge in [-0.1, -0.05) is 11.6 Å². The van der Waals surface area contributed by atoms with Gasteiger partial charge in [-0.2, -0.15) is 0 Å². The summed E-state index contributed by atoms with van der Waals surface area (Å²) in [5.41, 5.74) is 5.10. The highest BCUT2D eigenvalue weighted by Gasteiger charge is 2.21. The number of rotatable bonds is 3. The predicted molar refractivity (Wildman–Crippen MR) is 78.6 cm³/mol. The van der Waals surface area contributed by atoms with E-state index in [9.17, 15) is 12.8 Å². The van der Waals surface area contributed by atoms with Crippen molar-refractivity contribution >= 4 is 49.1 Å². The third kappa shape index (κ3) is 3.02. The first-order chi connectivity index (χ1) is 9.31. The first-order valence-corrected chi connectivity index (χ1v) is 7.84. The van der Waals surface area contributed by atoms with E-state index in [2.05, 4.69) is 25.6 Å². The Balaban J connectivity index is 2.47. The molecule has 0 aliphatic rings. The number of hydrogen-bond donors (Lipinski definition) is 2. The summed E-state index contributed by atoms with van der Waals surface area (Å²) < 4.78 is 39.9. The van der Waals surface area contributed by atoms with E-state index in [1.54, 1.807) is 6.07 Å². The van der Waals surface area contributed by atoms with Gasteiger partial charge in [0.2, 0.25) is 0 Å². The molecule has 1 heterocycles. The molecular weight excluding hydrogens is 373 g/mol. The number of anilines is 2. The molecular formula is C11H8BrClFN3O2S. The van der Waals surface area contributed by atoms with E-state index in [4.69, 9.17) is 17.3 Å². The highest BCUT2D eigenvalue weighted by Crippen LogP contribution is 2.29. The molecule has 9 heteroatoms. The number of pyridine rings is 1. The van der Waals surface area contributed by atoms with Gasteiger partial charge < -0.3 is 5.73 Å². The van der Waals surface area contributed by atoms with Gasteiger partial charge in [-0.05, 0) is 40.2 Å². The van der Waals surface area contributed by atoms with Gasteiger partial charge in [0.1, 0.15) is 10.7 Å². The lowest BCUT2D eigenvalue weighted by Crippen LogP contribution is -2.15. The highest BCUT2D eigenvalue weighted by molar-refractivity contribution is 9.10. The second-order valence-corrected chi connectivity index (χ2v) is 6.66. The molecule has 1 aromatic carbocycles.